The van der Waals surface area contributed by atoms with Crippen molar-refractivity contribution in [3.8, 4) is 0 Å². The van der Waals surface area contributed by atoms with Crippen molar-refractivity contribution in [3.63, 3.8) is 0 Å². The number of hydrogen-bond donors (Lipinski definition) is 1. The maximum Gasteiger partial charge on any atom is 0.0139 e. The van der Waals surface area contributed by atoms with Gasteiger partial charge >= 0.3 is 0 Å². The van der Waals surface area contributed by atoms with E-state index in [1.165, 1.54) is 19.3 Å². The second-order valence-corrected chi connectivity index (χ2v) is 4.30. The molecule has 0 spiro atoms. The molecule has 0 aromatic carbocycles. The summed E-state index contributed by atoms with van der Waals surface area (Å²) in [6.45, 7) is 7.78. The summed E-state index contributed by atoms with van der Waals surface area (Å²) in [4.78, 5) is 2.55. The van der Waals surface area contributed by atoms with E-state index < -0.39 is 0 Å². The first-order chi connectivity index (χ1) is 5.61. The van der Waals surface area contributed by atoms with Gasteiger partial charge in [-0.25, -0.2) is 0 Å². The largest absolute Gasteiger partial charge is 0.327 e. The molecule has 1 aliphatic heterocycles. The van der Waals surface area contributed by atoms with Gasteiger partial charge in [0.05, 0.1) is 0 Å². The van der Waals surface area contributed by atoms with E-state index in [2.05, 4.69) is 25.7 Å². The van der Waals surface area contributed by atoms with Crippen molar-refractivity contribution in [3.05, 3.63) is 0 Å². The van der Waals surface area contributed by atoms with Gasteiger partial charge in [-0.05, 0) is 33.6 Å². The third-order valence-electron chi connectivity index (χ3n) is 2.87. The minimum Gasteiger partial charge on any atom is -0.327 e. The molecule has 0 radical (unpaired) electrons. The number of nitrogens with two attached hydrogens (primary N) is 1. The van der Waals surface area contributed by atoms with Gasteiger partial charge < -0.3 is 5.73 Å². The molecule has 1 heterocycles. The first-order valence-corrected chi connectivity index (χ1v) is 5.12. The maximum absolute atomic E-state index is 5.81. The monoisotopic (exact) mass is 170 g/mol. The Morgan fingerprint density at radius 2 is 1.83 bits per heavy atom. The van der Waals surface area contributed by atoms with E-state index in [1.54, 1.807) is 0 Å². The summed E-state index contributed by atoms with van der Waals surface area (Å²) in [5.74, 6) is 0. The molecule has 0 unspecified atom stereocenters. The Kier molecular flexibility index (Phi) is 3.53. The van der Waals surface area contributed by atoms with E-state index in [1.807, 2.05) is 0 Å². The molecule has 0 bridgehead atoms. The van der Waals surface area contributed by atoms with E-state index in [9.17, 15) is 0 Å². The molecule has 1 rings (SSSR count). The van der Waals surface area contributed by atoms with Crippen LogP contribution in [0.5, 0.6) is 0 Å². The second-order valence-electron chi connectivity index (χ2n) is 4.30. The van der Waals surface area contributed by atoms with Crippen LogP contribution < -0.4 is 5.73 Å². The minimum atomic E-state index is 0.313. The lowest BCUT2D eigenvalue weighted by Crippen LogP contribution is -2.48. The fourth-order valence-electron chi connectivity index (χ4n) is 2.17. The molecule has 72 valence electrons. The average Bonchev–Trinajstić information content (AvgIpc) is 1.97. The van der Waals surface area contributed by atoms with Gasteiger partial charge in [0.15, 0.2) is 0 Å². The summed E-state index contributed by atoms with van der Waals surface area (Å²) in [7, 11) is 0. The zero-order valence-corrected chi connectivity index (χ0v) is 8.59. The van der Waals surface area contributed by atoms with Crippen molar-refractivity contribution in [2.45, 2.75) is 58.2 Å². The molecule has 1 fully saturated rings. The lowest BCUT2D eigenvalue weighted by molar-refractivity contribution is 0.0981. The van der Waals surface area contributed by atoms with Crippen LogP contribution in [0.3, 0.4) is 0 Å². The first kappa shape index (κ1) is 10.0. The van der Waals surface area contributed by atoms with E-state index in [0.29, 0.717) is 6.04 Å². The van der Waals surface area contributed by atoms with E-state index in [4.69, 9.17) is 5.73 Å². The van der Waals surface area contributed by atoms with Gasteiger partial charge in [-0.15, -0.1) is 0 Å². The predicted octanol–water partition coefficient (Wildman–Crippen LogP) is 1.60. The summed E-state index contributed by atoms with van der Waals surface area (Å²) in [6.07, 6.45) is 4.08. The zero-order chi connectivity index (χ0) is 9.14. The molecule has 2 nitrogen and oxygen atoms in total. The van der Waals surface area contributed by atoms with Crippen LogP contribution in [-0.4, -0.2) is 29.6 Å². The van der Waals surface area contributed by atoms with Gasteiger partial charge in [-0.3, -0.25) is 4.90 Å². The molecule has 0 saturated carbocycles. The second kappa shape index (κ2) is 4.24. The van der Waals surface area contributed by atoms with E-state index in [0.717, 1.165) is 18.6 Å². The van der Waals surface area contributed by atoms with Crippen LogP contribution in [0.25, 0.3) is 0 Å². The van der Waals surface area contributed by atoms with Crippen molar-refractivity contribution < 1.29 is 0 Å². The van der Waals surface area contributed by atoms with Crippen LogP contribution in [0.4, 0.5) is 0 Å². The number of likely N-dealkylation sites (tertiary alicyclic amines) is 1. The van der Waals surface area contributed by atoms with Crippen molar-refractivity contribution in [1.82, 2.24) is 4.90 Å². The van der Waals surface area contributed by atoms with Crippen LogP contribution >= 0.6 is 0 Å². The topological polar surface area (TPSA) is 29.3 Å². The SMILES string of the molecule is C[C@H](N)CN1[C@H](C)CCC[C@@H]1C. The van der Waals surface area contributed by atoms with Crippen LogP contribution in [0.2, 0.25) is 0 Å². The Bertz CT molecular complexity index is 124. The summed E-state index contributed by atoms with van der Waals surface area (Å²) in [5, 5.41) is 0. The molecular weight excluding hydrogens is 148 g/mol. The number of piperidine rings is 1. The highest BCUT2D eigenvalue weighted by Crippen LogP contribution is 2.21. The molecule has 12 heavy (non-hydrogen) atoms. The Hall–Kier alpha value is -0.0800. The summed E-state index contributed by atoms with van der Waals surface area (Å²) >= 11 is 0. The fraction of sp³-hybridized carbons (Fsp3) is 1.00. The standard InChI is InChI=1S/C10H22N2/c1-8(11)7-12-9(2)5-4-6-10(12)3/h8-10H,4-7,11H2,1-3H3/t8-,9-,10+/m0/s1. The van der Waals surface area contributed by atoms with Crippen molar-refractivity contribution >= 4 is 0 Å². The van der Waals surface area contributed by atoms with Gasteiger partial charge in [0, 0.05) is 24.7 Å². The minimum absolute atomic E-state index is 0.313. The van der Waals surface area contributed by atoms with E-state index >= 15 is 0 Å². The van der Waals surface area contributed by atoms with Crippen molar-refractivity contribution in [2.24, 2.45) is 5.73 Å². The average molecular weight is 170 g/mol. The maximum atomic E-state index is 5.81. The van der Waals surface area contributed by atoms with Crippen LogP contribution in [0.15, 0.2) is 0 Å². The van der Waals surface area contributed by atoms with Crippen molar-refractivity contribution in [1.29, 1.82) is 0 Å². The summed E-state index contributed by atoms with van der Waals surface area (Å²) < 4.78 is 0. The molecule has 0 aliphatic carbocycles. The Labute approximate surface area is 76.1 Å². The lowest BCUT2D eigenvalue weighted by Gasteiger charge is -2.39. The highest BCUT2D eigenvalue weighted by Gasteiger charge is 2.24. The molecule has 0 aromatic rings. The Morgan fingerprint density at radius 3 is 2.25 bits per heavy atom. The molecule has 0 aromatic heterocycles. The predicted molar refractivity (Wildman–Crippen MR) is 53.1 cm³/mol. The van der Waals surface area contributed by atoms with Crippen LogP contribution in [-0.2, 0) is 0 Å². The van der Waals surface area contributed by atoms with E-state index in [-0.39, 0.29) is 0 Å². The number of hydrogen-bond acceptors (Lipinski definition) is 2. The molecule has 1 saturated heterocycles. The highest BCUT2D eigenvalue weighted by molar-refractivity contribution is 4.81. The Balaban J connectivity index is 2.45. The van der Waals surface area contributed by atoms with Crippen LogP contribution in [0, 0.1) is 0 Å². The highest BCUT2D eigenvalue weighted by atomic mass is 15.2. The molecule has 2 heteroatoms. The molecule has 3 atom stereocenters. The zero-order valence-electron chi connectivity index (χ0n) is 8.59. The third-order valence-corrected chi connectivity index (χ3v) is 2.87. The van der Waals surface area contributed by atoms with Gasteiger partial charge in [0.2, 0.25) is 0 Å². The van der Waals surface area contributed by atoms with Gasteiger partial charge in [-0.1, -0.05) is 6.42 Å². The number of rotatable bonds is 2. The lowest BCUT2D eigenvalue weighted by atomic mass is 9.97. The third kappa shape index (κ3) is 2.46. The number of nitrogens with zero attached hydrogens (tertiary/aromatic N) is 1. The molecule has 0 amide bonds. The molecular formula is C10H22N2. The quantitative estimate of drug-likeness (QED) is 0.682. The van der Waals surface area contributed by atoms with Gasteiger partial charge in [0.1, 0.15) is 0 Å². The normalized spacial score (nSPS) is 35.0. The van der Waals surface area contributed by atoms with Gasteiger partial charge in [0.25, 0.3) is 0 Å². The Morgan fingerprint density at radius 1 is 1.33 bits per heavy atom. The molecule has 1 aliphatic rings. The first-order valence-electron chi connectivity index (χ1n) is 5.12. The summed E-state index contributed by atoms with van der Waals surface area (Å²) in [5.41, 5.74) is 5.81. The summed E-state index contributed by atoms with van der Waals surface area (Å²) in [6, 6.07) is 1.78. The van der Waals surface area contributed by atoms with Crippen LogP contribution in [0.1, 0.15) is 40.0 Å². The fourth-order valence-corrected chi connectivity index (χ4v) is 2.17. The van der Waals surface area contributed by atoms with Crippen molar-refractivity contribution in [2.75, 3.05) is 6.54 Å². The smallest absolute Gasteiger partial charge is 0.0139 e. The van der Waals surface area contributed by atoms with Gasteiger partial charge in [-0.2, -0.15) is 0 Å². The molecule has 2 N–H and O–H groups in total.